The van der Waals surface area contributed by atoms with Crippen LogP contribution < -0.4 is 79.0 Å². The van der Waals surface area contributed by atoms with Gasteiger partial charge in [-0.3, -0.25) is 4.79 Å². The van der Waals surface area contributed by atoms with E-state index in [1.165, 1.54) is 4.52 Å². The van der Waals surface area contributed by atoms with E-state index in [0.29, 0.717) is 34.3 Å². The van der Waals surface area contributed by atoms with Crippen LogP contribution in [0.4, 0.5) is 13.2 Å². The molecule has 3 aromatic carbocycles. The molecule has 0 unspecified atom stereocenters. The second-order valence-corrected chi connectivity index (χ2v) is 9.36. The van der Waals surface area contributed by atoms with E-state index in [9.17, 15) is 27.8 Å². The molecule has 0 saturated heterocycles. The van der Waals surface area contributed by atoms with Crippen LogP contribution in [0.1, 0.15) is 16.8 Å². The molecule has 2 aromatic heterocycles. The van der Waals surface area contributed by atoms with Crippen LogP contribution in [0.5, 0.6) is 5.75 Å². The van der Waals surface area contributed by atoms with Crippen LogP contribution in [-0.2, 0) is 12.6 Å². The van der Waals surface area contributed by atoms with Gasteiger partial charge in [0.25, 0.3) is 5.56 Å². The van der Waals surface area contributed by atoms with Gasteiger partial charge in [-0.05, 0) is 41.5 Å². The Morgan fingerprint density at radius 2 is 1.65 bits per heavy atom. The van der Waals surface area contributed by atoms with E-state index in [-0.39, 0.29) is 76.0 Å². The smallest absolute Gasteiger partial charge is 0.810 e. The minimum absolute atomic E-state index is 0. The minimum atomic E-state index is -4.75. The Labute approximate surface area is 276 Å². The molecule has 0 aliphatic heterocycles. The molecule has 0 spiro atoms. The maximum atomic E-state index is 13.3. The van der Waals surface area contributed by atoms with Crippen LogP contribution >= 0.6 is 20.2 Å². The summed E-state index contributed by atoms with van der Waals surface area (Å²) < 4.78 is 46.1. The van der Waals surface area contributed by atoms with Crippen LogP contribution in [0.3, 0.4) is 0 Å². The van der Waals surface area contributed by atoms with Gasteiger partial charge in [-0.15, -0.1) is 0 Å². The molecule has 5 rings (SSSR count). The van der Waals surface area contributed by atoms with E-state index in [4.69, 9.17) is 21.2 Å². The van der Waals surface area contributed by atoms with Gasteiger partial charge in [-0.25, -0.2) is 4.52 Å². The Morgan fingerprint density at radius 3 is 2.27 bits per heavy atom. The number of aromatic nitrogens is 3. The summed E-state index contributed by atoms with van der Waals surface area (Å²) in [6, 6.07) is 19.8. The first kappa shape index (κ1) is 32.8. The van der Waals surface area contributed by atoms with Gasteiger partial charge in [0.1, 0.15) is 11.4 Å². The Kier molecular flexibility index (Phi) is 11.1. The molecule has 0 bridgehead atoms. The topological polar surface area (TPSA) is 106 Å². The first-order chi connectivity index (χ1) is 18.1. The normalized spacial score (nSPS) is 11.3. The summed E-state index contributed by atoms with van der Waals surface area (Å²) in [5, 5.41) is 5.20. The van der Waals surface area contributed by atoms with E-state index >= 15 is 0 Å². The van der Waals surface area contributed by atoms with Crippen molar-refractivity contribution >= 4 is 25.9 Å². The predicted octanol–water partition coefficient (Wildman–Crippen LogP) is -1.05. The zero-order valence-corrected chi connectivity index (χ0v) is 26.8. The third-order valence-electron chi connectivity index (χ3n) is 5.80. The number of hydrogen-bond acceptors (Lipinski definition) is 5. The van der Waals surface area contributed by atoms with E-state index in [0.717, 1.165) is 23.8 Å². The van der Waals surface area contributed by atoms with Gasteiger partial charge in [0.05, 0.1) is 17.0 Å². The average molecular weight is 604 g/mol. The molecule has 0 radical (unpaired) electrons. The standard InChI is InChI=1S/C26H16ClF3N3O4P.2Na/c27-18-9-6-16(7-10-18)24-20(12-15-4-2-1-3-5-15)32-33-21(14-23(34)31-25(24)33)19-11-8-17(26(28,29)30)13-22(19)37-38(35)36;;/h1-11,13-14H,12H2,(H,31,34);;/q-2;2*+1. The largest absolute Gasteiger partial charge is 1.00 e. The molecule has 0 fully saturated rings. The molecule has 40 heavy (non-hydrogen) atoms. The van der Waals surface area contributed by atoms with Crippen LogP contribution in [-0.4, -0.2) is 14.6 Å². The van der Waals surface area contributed by atoms with Crippen molar-refractivity contribution in [1.29, 1.82) is 0 Å². The SMILES string of the molecule is O=c1cc(-c2ccc(C(F)(F)F)cc2OP([O-])[O-])n2nc(Cc3ccccc3)c(-c3ccc(Cl)cc3)c2[nH]1.[Na+].[Na+]. The third-order valence-corrected chi connectivity index (χ3v) is 6.40. The average Bonchev–Trinajstić information content (AvgIpc) is 3.21. The van der Waals surface area contributed by atoms with Crippen LogP contribution in [0, 0.1) is 0 Å². The summed E-state index contributed by atoms with van der Waals surface area (Å²) in [6.07, 6.45) is -4.38. The van der Waals surface area contributed by atoms with Crippen molar-refractivity contribution in [2.75, 3.05) is 0 Å². The molecule has 0 amide bonds. The van der Waals surface area contributed by atoms with Gasteiger partial charge in [0.15, 0.2) is 0 Å². The number of hydrogen-bond donors (Lipinski definition) is 1. The van der Waals surface area contributed by atoms with Gasteiger partial charge in [-0.1, -0.05) is 62.7 Å². The van der Waals surface area contributed by atoms with E-state index in [2.05, 4.69) is 4.98 Å². The summed E-state index contributed by atoms with van der Waals surface area (Å²) in [5.74, 6) is -0.587. The second-order valence-electron chi connectivity index (χ2n) is 8.29. The van der Waals surface area contributed by atoms with Gasteiger partial charge < -0.3 is 19.3 Å². The van der Waals surface area contributed by atoms with Crippen molar-refractivity contribution in [2.45, 2.75) is 12.6 Å². The molecule has 5 aromatic rings. The number of halogens is 4. The Balaban J connectivity index is 0.00000220. The van der Waals surface area contributed by atoms with Gasteiger partial charge >= 0.3 is 65.3 Å². The molecule has 0 saturated carbocycles. The van der Waals surface area contributed by atoms with E-state index in [1.54, 1.807) is 24.3 Å². The van der Waals surface area contributed by atoms with Gasteiger partial charge in [-0.2, -0.15) is 18.3 Å². The number of alkyl halides is 3. The summed E-state index contributed by atoms with van der Waals surface area (Å²) in [4.78, 5) is 38.2. The van der Waals surface area contributed by atoms with Gasteiger partial charge in [0, 0.05) is 28.6 Å². The van der Waals surface area contributed by atoms with Crippen LogP contribution in [0.15, 0.2) is 83.7 Å². The molecule has 0 aliphatic rings. The molecule has 0 atom stereocenters. The zero-order chi connectivity index (χ0) is 27.0. The van der Waals surface area contributed by atoms with Crippen molar-refractivity contribution in [1.82, 2.24) is 14.6 Å². The summed E-state index contributed by atoms with van der Waals surface area (Å²) >= 11 is 6.07. The first-order valence-corrected chi connectivity index (χ1v) is 12.6. The van der Waals surface area contributed by atoms with Crippen molar-refractivity contribution in [2.24, 2.45) is 0 Å². The number of rotatable bonds is 6. The molecule has 7 nitrogen and oxygen atoms in total. The minimum Gasteiger partial charge on any atom is -0.810 e. The summed E-state index contributed by atoms with van der Waals surface area (Å²) in [5.41, 5.74) is 1.31. The molecular formula is C26H16ClF3N3Na2O4P. The zero-order valence-electron chi connectivity index (χ0n) is 21.2. The van der Waals surface area contributed by atoms with Crippen molar-refractivity contribution < 1.29 is 86.6 Å². The summed E-state index contributed by atoms with van der Waals surface area (Å²) in [6.45, 7) is 0. The molecule has 194 valence electrons. The van der Waals surface area contributed by atoms with Crippen molar-refractivity contribution in [3.8, 4) is 28.1 Å². The first-order valence-electron chi connectivity index (χ1n) is 11.1. The van der Waals surface area contributed by atoms with Crippen molar-refractivity contribution in [3.63, 3.8) is 0 Å². The number of nitrogens with one attached hydrogen (secondary N) is 1. The fraction of sp³-hybridized carbons (Fsp3) is 0.0769. The monoisotopic (exact) mass is 603 g/mol. The maximum Gasteiger partial charge on any atom is 1.00 e. The Morgan fingerprint density at radius 1 is 0.975 bits per heavy atom. The molecule has 2 heterocycles. The van der Waals surface area contributed by atoms with Gasteiger partial charge in [0.2, 0.25) is 0 Å². The molecule has 0 aliphatic carbocycles. The fourth-order valence-corrected chi connectivity index (χ4v) is 4.62. The third kappa shape index (κ3) is 7.20. The van der Waals surface area contributed by atoms with Crippen LogP contribution in [0.25, 0.3) is 28.0 Å². The number of nitrogens with zero attached hydrogens (tertiary/aromatic N) is 2. The number of H-pyrrole nitrogens is 1. The second kappa shape index (κ2) is 13.5. The van der Waals surface area contributed by atoms with Crippen LogP contribution in [0.2, 0.25) is 5.02 Å². The fourth-order valence-electron chi connectivity index (χ4n) is 4.18. The Bertz CT molecular complexity index is 1680. The molecule has 14 heteroatoms. The molecular weight excluding hydrogens is 588 g/mol. The molecule has 1 N–H and O–H groups in total. The number of fused-ring (bicyclic) bond motifs is 1. The maximum absolute atomic E-state index is 13.3. The quantitative estimate of drug-likeness (QED) is 0.197. The van der Waals surface area contributed by atoms with E-state index in [1.807, 2.05) is 30.3 Å². The van der Waals surface area contributed by atoms with E-state index < -0.39 is 31.7 Å². The predicted molar refractivity (Wildman–Crippen MR) is 133 cm³/mol. The summed E-state index contributed by atoms with van der Waals surface area (Å²) in [7, 11) is -3.55. The number of aromatic amines is 1. The Hall–Kier alpha value is -1.69. The number of benzene rings is 3. The van der Waals surface area contributed by atoms with Crippen molar-refractivity contribution in [3.05, 3.63) is 111 Å².